The first-order valence-corrected chi connectivity index (χ1v) is 11.9. The van der Waals surface area contributed by atoms with Crippen LogP contribution in [-0.4, -0.2) is 34.0 Å². The van der Waals surface area contributed by atoms with E-state index in [2.05, 4.69) is 5.32 Å². The number of carbonyl (C=O) groups excluding carboxylic acids is 1. The van der Waals surface area contributed by atoms with E-state index >= 15 is 0 Å². The minimum absolute atomic E-state index is 0.0889. The fourth-order valence-electron chi connectivity index (χ4n) is 4.60. The van der Waals surface area contributed by atoms with E-state index in [9.17, 15) is 13.2 Å². The number of amides is 1. The van der Waals surface area contributed by atoms with Crippen LogP contribution in [0.15, 0.2) is 53.4 Å². The number of hydrogen-bond donors (Lipinski definition) is 1. The number of sulfonamides is 1. The lowest BCUT2D eigenvalue weighted by atomic mass is 9.95. The van der Waals surface area contributed by atoms with Crippen LogP contribution in [0.4, 0.5) is 5.69 Å². The summed E-state index contributed by atoms with van der Waals surface area (Å²) in [5, 5.41) is 3.57. The molecule has 1 N–H and O–H groups in total. The van der Waals surface area contributed by atoms with Crippen LogP contribution in [0.2, 0.25) is 5.02 Å². The Balaban J connectivity index is 1.58. The fourth-order valence-corrected chi connectivity index (χ4v) is 6.15. The molecule has 2 aromatic carbocycles. The minimum Gasteiger partial charge on any atom is -0.497 e. The van der Waals surface area contributed by atoms with Gasteiger partial charge in [-0.15, -0.1) is 0 Å². The normalized spacial score (nSPS) is 22.7. The van der Waals surface area contributed by atoms with Crippen LogP contribution in [0.3, 0.4) is 0 Å². The number of halogens is 1. The second-order valence-electron chi connectivity index (χ2n) is 8.01. The van der Waals surface area contributed by atoms with Crippen molar-refractivity contribution >= 4 is 33.2 Å². The number of fused-ring (bicyclic) bond motifs is 2. The molecule has 30 heavy (non-hydrogen) atoms. The number of ether oxygens (including phenoxy) is 1. The SMILES string of the molecule is COc1ccc(S(=O)(=O)N(CC(=O)N[C@H]2C[C@H]3CC[C@H]2C3)c2ccc(Cl)cc2)cc1. The van der Waals surface area contributed by atoms with Gasteiger partial charge in [-0.25, -0.2) is 8.42 Å². The average molecular weight is 449 g/mol. The van der Waals surface area contributed by atoms with Gasteiger partial charge in [0, 0.05) is 11.1 Å². The molecule has 0 aromatic heterocycles. The Morgan fingerprint density at radius 1 is 1.10 bits per heavy atom. The van der Waals surface area contributed by atoms with Crippen LogP contribution >= 0.6 is 11.6 Å². The van der Waals surface area contributed by atoms with Crippen molar-refractivity contribution in [3.05, 3.63) is 53.6 Å². The smallest absolute Gasteiger partial charge is 0.264 e. The van der Waals surface area contributed by atoms with Gasteiger partial charge in [0.2, 0.25) is 5.91 Å². The maximum absolute atomic E-state index is 13.4. The molecule has 0 heterocycles. The molecule has 2 aliphatic rings. The molecule has 0 radical (unpaired) electrons. The zero-order chi connectivity index (χ0) is 21.3. The molecular formula is C22H25ClN2O4S. The Morgan fingerprint density at radius 3 is 2.37 bits per heavy atom. The standard InChI is InChI=1S/C22H25ClN2O4S/c1-29-19-8-10-20(11-9-19)30(27,28)25(18-6-4-17(23)5-7-18)14-22(26)24-21-13-15-2-3-16(21)12-15/h4-11,15-16,21H,2-3,12-14H2,1H3,(H,24,26)/t15-,16-,21-/m0/s1. The largest absolute Gasteiger partial charge is 0.497 e. The van der Waals surface area contributed by atoms with Crippen LogP contribution in [0.1, 0.15) is 25.7 Å². The van der Waals surface area contributed by atoms with E-state index in [1.807, 2.05) is 0 Å². The molecule has 2 fully saturated rings. The maximum Gasteiger partial charge on any atom is 0.264 e. The summed E-state index contributed by atoms with van der Waals surface area (Å²) < 4.78 is 33.0. The second-order valence-corrected chi connectivity index (χ2v) is 10.3. The van der Waals surface area contributed by atoms with Crippen molar-refractivity contribution in [2.75, 3.05) is 18.0 Å². The van der Waals surface area contributed by atoms with E-state index in [1.54, 1.807) is 36.4 Å². The number of anilines is 1. The van der Waals surface area contributed by atoms with Crippen LogP contribution in [0, 0.1) is 11.8 Å². The van der Waals surface area contributed by atoms with Crippen molar-refractivity contribution in [3.63, 3.8) is 0 Å². The van der Waals surface area contributed by atoms with Crippen molar-refractivity contribution < 1.29 is 17.9 Å². The van der Waals surface area contributed by atoms with Gasteiger partial charge < -0.3 is 10.1 Å². The van der Waals surface area contributed by atoms with Gasteiger partial charge in [0.05, 0.1) is 17.7 Å². The third-order valence-electron chi connectivity index (χ3n) is 6.13. The van der Waals surface area contributed by atoms with Gasteiger partial charge >= 0.3 is 0 Å². The minimum atomic E-state index is -3.96. The number of carbonyl (C=O) groups is 1. The van der Waals surface area contributed by atoms with Crippen LogP contribution in [-0.2, 0) is 14.8 Å². The monoisotopic (exact) mass is 448 g/mol. The van der Waals surface area contributed by atoms with Crippen molar-refractivity contribution in [3.8, 4) is 5.75 Å². The molecule has 3 atom stereocenters. The lowest BCUT2D eigenvalue weighted by Crippen LogP contribution is -2.45. The Kier molecular flexibility index (Phi) is 5.93. The average Bonchev–Trinajstić information content (AvgIpc) is 3.36. The van der Waals surface area contributed by atoms with Gasteiger partial charge in [0.15, 0.2) is 0 Å². The highest BCUT2D eigenvalue weighted by molar-refractivity contribution is 7.92. The first-order valence-electron chi connectivity index (χ1n) is 10.1. The van der Waals surface area contributed by atoms with Gasteiger partial charge in [-0.05, 0) is 79.6 Å². The third-order valence-corrected chi connectivity index (χ3v) is 8.17. The van der Waals surface area contributed by atoms with Crippen LogP contribution in [0.25, 0.3) is 0 Å². The highest BCUT2D eigenvalue weighted by Crippen LogP contribution is 2.44. The topological polar surface area (TPSA) is 75.7 Å². The molecule has 2 bridgehead atoms. The van der Waals surface area contributed by atoms with E-state index in [1.165, 1.54) is 25.7 Å². The molecular weight excluding hydrogens is 424 g/mol. The van der Waals surface area contributed by atoms with Crippen molar-refractivity contribution in [1.82, 2.24) is 5.32 Å². The first kappa shape index (κ1) is 21.0. The van der Waals surface area contributed by atoms with Crippen LogP contribution in [0.5, 0.6) is 5.75 Å². The van der Waals surface area contributed by atoms with Gasteiger partial charge in [-0.1, -0.05) is 18.0 Å². The Hall–Kier alpha value is -2.25. The van der Waals surface area contributed by atoms with E-state index in [-0.39, 0.29) is 23.4 Å². The summed E-state index contributed by atoms with van der Waals surface area (Å²) in [5.74, 6) is 1.47. The molecule has 2 saturated carbocycles. The van der Waals surface area contributed by atoms with E-state index in [0.717, 1.165) is 23.6 Å². The zero-order valence-electron chi connectivity index (χ0n) is 16.8. The molecule has 2 aromatic rings. The summed E-state index contributed by atoms with van der Waals surface area (Å²) in [6.45, 7) is -0.288. The van der Waals surface area contributed by atoms with Crippen molar-refractivity contribution in [2.45, 2.75) is 36.6 Å². The van der Waals surface area contributed by atoms with Gasteiger partial charge in [-0.2, -0.15) is 0 Å². The van der Waals surface area contributed by atoms with Crippen molar-refractivity contribution in [1.29, 1.82) is 0 Å². The molecule has 6 nitrogen and oxygen atoms in total. The molecule has 0 aliphatic heterocycles. The quantitative estimate of drug-likeness (QED) is 0.698. The lowest BCUT2D eigenvalue weighted by Gasteiger charge is -2.27. The highest BCUT2D eigenvalue weighted by Gasteiger charge is 2.40. The van der Waals surface area contributed by atoms with Gasteiger partial charge in [0.25, 0.3) is 10.0 Å². The zero-order valence-corrected chi connectivity index (χ0v) is 18.3. The predicted octanol–water partition coefficient (Wildman–Crippen LogP) is 3.85. The summed E-state index contributed by atoms with van der Waals surface area (Å²) in [6, 6.07) is 12.7. The van der Waals surface area contributed by atoms with E-state index < -0.39 is 10.0 Å². The summed E-state index contributed by atoms with van der Waals surface area (Å²) in [5.41, 5.74) is 0.387. The molecule has 1 amide bonds. The van der Waals surface area contributed by atoms with E-state index in [4.69, 9.17) is 16.3 Å². The number of hydrogen-bond acceptors (Lipinski definition) is 4. The molecule has 160 valence electrons. The lowest BCUT2D eigenvalue weighted by molar-refractivity contribution is -0.120. The molecule has 0 unspecified atom stereocenters. The molecule has 8 heteroatoms. The number of nitrogens with zero attached hydrogens (tertiary/aromatic N) is 1. The second kappa shape index (κ2) is 8.47. The van der Waals surface area contributed by atoms with E-state index in [0.29, 0.717) is 28.3 Å². The summed E-state index contributed by atoms with van der Waals surface area (Å²) in [7, 11) is -2.44. The molecule has 0 spiro atoms. The fraction of sp³-hybridized carbons (Fsp3) is 0.409. The molecule has 4 rings (SSSR count). The van der Waals surface area contributed by atoms with Crippen LogP contribution < -0.4 is 14.4 Å². The highest BCUT2D eigenvalue weighted by atomic mass is 35.5. The Labute approximate surface area is 182 Å². The molecule has 2 aliphatic carbocycles. The number of methoxy groups -OCH3 is 1. The van der Waals surface area contributed by atoms with Gasteiger partial charge in [-0.3, -0.25) is 9.10 Å². The summed E-state index contributed by atoms with van der Waals surface area (Å²) >= 11 is 5.98. The summed E-state index contributed by atoms with van der Waals surface area (Å²) in [6.07, 6.45) is 4.53. The van der Waals surface area contributed by atoms with Crippen molar-refractivity contribution in [2.24, 2.45) is 11.8 Å². The summed E-state index contributed by atoms with van der Waals surface area (Å²) in [4.78, 5) is 12.9. The third kappa shape index (κ3) is 4.27. The molecule has 0 saturated heterocycles. The first-order chi connectivity index (χ1) is 14.4. The maximum atomic E-state index is 13.4. The predicted molar refractivity (Wildman–Crippen MR) is 116 cm³/mol. The number of benzene rings is 2. The van der Waals surface area contributed by atoms with Gasteiger partial charge in [0.1, 0.15) is 12.3 Å². The number of rotatable bonds is 7. The number of nitrogens with one attached hydrogen (secondary N) is 1. The Morgan fingerprint density at radius 2 is 1.80 bits per heavy atom. The Bertz CT molecular complexity index is 1010.